The first-order chi connectivity index (χ1) is 8.88. The van der Waals surface area contributed by atoms with Crippen LogP contribution in [0.4, 0.5) is 4.79 Å². The lowest BCUT2D eigenvalue weighted by atomic mass is 9.97. The maximum absolute atomic E-state index is 11.7. The van der Waals surface area contributed by atoms with Crippen LogP contribution in [0.3, 0.4) is 0 Å². The Kier molecular flexibility index (Phi) is 6.12. The van der Waals surface area contributed by atoms with Gasteiger partial charge in [-0.2, -0.15) is 0 Å². The van der Waals surface area contributed by atoms with Crippen molar-refractivity contribution >= 4 is 12.0 Å². The van der Waals surface area contributed by atoms with E-state index in [-0.39, 0.29) is 18.6 Å². The van der Waals surface area contributed by atoms with Gasteiger partial charge < -0.3 is 15.7 Å². The molecule has 0 heterocycles. The van der Waals surface area contributed by atoms with Crippen molar-refractivity contribution < 1.29 is 14.7 Å². The molecular formula is C14H26N2O3. The standard InChI is InChI=1S/C14H26N2O3/c1-9(2)6-11(13(17)18)8-15-14(19)16-12-5-4-10(3)7-12/h9-12H,4-8H2,1-3H3,(H,17,18)(H2,15,16,19). The van der Waals surface area contributed by atoms with E-state index >= 15 is 0 Å². The molecular weight excluding hydrogens is 244 g/mol. The molecule has 3 atom stereocenters. The second kappa shape index (κ2) is 7.36. The SMILES string of the molecule is CC(C)CC(CNC(=O)NC1CCC(C)C1)C(=O)O. The lowest BCUT2D eigenvalue weighted by molar-refractivity contribution is -0.142. The van der Waals surface area contributed by atoms with E-state index in [4.69, 9.17) is 5.11 Å². The second-order valence-corrected chi connectivity index (χ2v) is 6.13. The van der Waals surface area contributed by atoms with E-state index < -0.39 is 11.9 Å². The van der Waals surface area contributed by atoms with Gasteiger partial charge in [0.15, 0.2) is 0 Å². The lowest BCUT2D eigenvalue weighted by Gasteiger charge is -2.17. The highest BCUT2D eigenvalue weighted by molar-refractivity contribution is 5.76. The smallest absolute Gasteiger partial charge is 0.315 e. The van der Waals surface area contributed by atoms with Gasteiger partial charge in [-0.15, -0.1) is 0 Å². The summed E-state index contributed by atoms with van der Waals surface area (Å²) in [5.41, 5.74) is 0. The van der Waals surface area contributed by atoms with E-state index in [9.17, 15) is 9.59 Å². The molecule has 5 nitrogen and oxygen atoms in total. The maximum Gasteiger partial charge on any atom is 0.315 e. The fraction of sp³-hybridized carbons (Fsp3) is 0.857. The Hall–Kier alpha value is -1.26. The first kappa shape index (κ1) is 15.8. The molecule has 1 fully saturated rings. The Balaban J connectivity index is 2.29. The molecule has 0 aromatic carbocycles. The molecule has 110 valence electrons. The molecule has 5 heteroatoms. The Morgan fingerprint density at radius 1 is 1.32 bits per heavy atom. The Morgan fingerprint density at radius 3 is 2.47 bits per heavy atom. The van der Waals surface area contributed by atoms with Crippen LogP contribution in [0.2, 0.25) is 0 Å². The van der Waals surface area contributed by atoms with E-state index in [2.05, 4.69) is 17.6 Å². The van der Waals surface area contributed by atoms with Gasteiger partial charge in [0, 0.05) is 12.6 Å². The van der Waals surface area contributed by atoms with Crippen LogP contribution in [0.5, 0.6) is 0 Å². The van der Waals surface area contributed by atoms with Gasteiger partial charge in [0.1, 0.15) is 0 Å². The number of carbonyl (C=O) groups excluding carboxylic acids is 1. The third-order valence-corrected chi connectivity index (χ3v) is 3.64. The van der Waals surface area contributed by atoms with Crippen LogP contribution < -0.4 is 10.6 Å². The predicted octanol–water partition coefficient (Wildman–Crippen LogP) is 2.22. The number of carbonyl (C=O) groups is 2. The van der Waals surface area contributed by atoms with E-state index in [0.717, 1.165) is 19.3 Å². The van der Waals surface area contributed by atoms with E-state index in [1.807, 2.05) is 13.8 Å². The van der Waals surface area contributed by atoms with Crippen molar-refractivity contribution in [3.63, 3.8) is 0 Å². The van der Waals surface area contributed by atoms with E-state index in [0.29, 0.717) is 18.3 Å². The van der Waals surface area contributed by atoms with Gasteiger partial charge >= 0.3 is 12.0 Å². The zero-order valence-electron chi connectivity index (χ0n) is 12.1. The van der Waals surface area contributed by atoms with Gasteiger partial charge in [-0.3, -0.25) is 4.79 Å². The molecule has 1 aliphatic carbocycles. The molecule has 3 unspecified atom stereocenters. The Bertz CT molecular complexity index is 318. The molecule has 2 amide bonds. The van der Waals surface area contributed by atoms with Crippen LogP contribution in [0.15, 0.2) is 0 Å². The molecule has 0 saturated heterocycles. The highest BCUT2D eigenvalue weighted by Gasteiger charge is 2.24. The number of carboxylic acid groups (broad SMARTS) is 1. The number of aliphatic carboxylic acids is 1. The van der Waals surface area contributed by atoms with Crippen molar-refractivity contribution in [2.45, 2.75) is 52.5 Å². The van der Waals surface area contributed by atoms with Gasteiger partial charge in [-0.25, -0.2) is 4.79 Å². The monoisotopic (exact) mass is 270 g/mol. The summed E-state index contributed by atoms with van der Waals surface area (Å²) in [4.78, 5) is 22.8. The fourth-order valence-electron chi connectivity index (χ4n) is 2.63. The second-order valence-electron chi connectivity index (χ2n) is 6.13. The first-order valence-electron chi connectivity index (χ1n) is 7.15. The normalized spacial score (nSPS) is 24.2. The van der Waals surface area contributed by atoms with E-state index in [1.165, 1.54) is 0 Å². The molecule has 0 spiro atoms. The third kappa shape index (κ3) is 5.94. The molecule has 0 radical (unpaired) electrons. The van der Waals surface area contributed by atoms with Crippen molar-refractivity contribution in [3.8, 4) is 0 Å². The number of rotatable bonds is 6. The van der Waals surface area contributed by atoms with Crippen LogP contribution in [-0.2, 0) is 4.79 Å². The highest BCUT2D eigenvalue weighted by atomic mass is 16.4. The zero-order valence-corrected chi connectivity index (χ0v) is 12.1. The molecule has 19 heavy (non-hydrogen) atoms. The first-order valence-corrected chi connectivity index (χ1v) is 7.15. The maximum atomic E-state index is 11.7. The summed E-state index contributed by atoms with van der Waals surface area (Å²) in [6.07, 6.45) is 3.76. The minimum Gasteiger partial charge on any atom is -0.481 e. The lowest BCUT2D eigenvalue weighted by Crippen LogP contribution is -2.43. The molecule has 3 N–H and O–H groups in total. The van der Waals surface area contributed by atoms with Crippen LogP contribution in [0.1, 0.15) is 46.5 Å². The van der Waals surface area contributed by atoms with Gasteiger partial charge in [-0.05, 0) is 37.5 Å². The largest absolute Gasteiger partial charge is 0.481 e. The topological polar surface area (TPSA) is 78.4 Å². The molecule has 1 saturated carbocycles. The summed E-state index contributed by atoms with van der Waals surface area (Å²) in [5, 5.41) is 14.7. The summed E-state index contributed by atoms with van der Waals surface area (Å²) >= 11 is 0. The van der Waals surface area contributed by atoms with Crippen LogP contribution in [0.25, 0.3) is 0 Å². The number of hydrogen-bond acceptors (Lipinski definition) is 2. The average Bonchev–Trinajstić information content (AvgIpc) is 2.69. The molecule has 0 aromatic rings. The van der Waals surface area contributed by atoms with Gasteiger partial charge in [0.2, 0.25) is 0 Å². The van der Waals surface area contributed by atoms with Gasteiger partial charge in [0.25, 0.3) is 0 Å². The Labute approximate surface area is 115 Å². The number of hydrogen-bond donors (Lipinski definition) is 3. The summed E-state index contributed by atoms with van der Waals surface area (Å²) in [5.74, 6) is -0.378. The molecule has 0 bridgehead atoms. The number of carboxylic acids is 1. The minimum atomic E-state index is -0.844. The molecule has 1 aliphatic rings. The molecule has 0 aliphatic heterocycles. The van der Waals surface area contributed by atoms with Crippen LogP contribution >= 0.6 is 0 Å². The summed E-state index contributed by atoms with van der Waals surface area (Å²) in [6.45, 7) is 6.34. The summed E-state index contributed by atoms with van der Waals surface area (Å²) in [7, 11) is 0. The van der Waals surface area contributed by atoms with Crippen molar-refractivity contribution in [3.05, 3.63) is 0 Å². The molecule has 1 rings (SSSR count). The van der Waals surface area contributed by atoms with Crippen molar-refractivity contribution in [2.75, 3.05) is 6.54 Å². The minimum absolute atomic E-state index is 0.196. The Morgan fingerprint density at radius 2 is 2.00 bits per heavy atom. The van der Waals surface area contributed by atoms with Crippen LogP contribution in [-0.4, -0.2) is 29.7 Å². The predicted molar refractivity (Wildman–Crippen MR) is 73.9 cm³/mol. The van der Waals surface area contributed by atoms with E-state index in [1.54, 1.807) is 0 Å². The van der Waals surface area contributed by atoms with Crippen molar-refractivity contribution in [1.29, 1.82) is 0 Å². The van der Waals surface area contributed by atoms with Gasteiger partial charge in [0.05, 0.1) is 5.92 Å². The third-order valence-electron chi connectivity index (χ3n) is 3.64. The summed E-state index contributed by atoms with van der Waals surface area (Å²) in [6, 6.07) is -0.00233. The number of amides is 2. The average molecular weight is 270 g/mol. The van der Waals surface area contributed by atoms with Crippen molar-refractivity contribution in [1.82, 2.24) is 10.6 Å². The zero-order chi connectivity index (χ0) is 14.4. The highest BCUT2D eigenvalue weighted by Crippen LogP contribution is 2.24. The van der Waals surface area contributed by atoms with Crippen LogP contribution in [0, 0.1) is 17.8 Å². The van der Waals surface area contributed by atoms with Gasteiger partial charge in [-0.1, -0.05) is 20.8 Å². The fourth-order valence-corrected chi connectivity index (χ4v) is 2.63. The quantitative estimate of drug-likeness (QED) is 0.692. The number of nitrogens with one attached hydrogen (secondary N) is 2. The summed E-state index contributed by atoms with van der Waals surface area (Å²) < 4.78 is 0. The number of urea groups is 1. The van der Waals surface area contributed by atoms with Crippen molar-refractivity contribution in [2.24, 2.45) is 17.8 Å². The molecule has 0 aromatic heterocycles.